The summed E-state index contributed by atoms with van der Waals surface area (Å²) in [4.78, 5) is 2.71. The van der Waals surface area contributed by atoms with Crippen molar-refractivity contribution < 1.29 is 0 Å². The van der Waals surface area contributed by atoms with Crippen LogP contribution in [0.1, 0.15) is 53.4 Å². The largest absolute Gasteiger partial charge is 0.315 e. The molecule has 0 aromatic rings. The van der Waals surface area contributed by atoms with Crippen molar-refractivity contribution in [3.63, 3.8) is 0 Å². The van der Waals surface area contributed by atoms with Crippen molar-refractivity contribution >= 4 is 0 Å². The molecule has 0 spiro atoms. The van der Waals surface area contributed by atoms with Gasteiger partial charge in [0.25, 0.3) is 0 Å². The van der Waals surface area contributed by atoms with Crippen LogP contribution in [0.3, 0.4) is 0 Å². The molecular weight excluding hydrogens is 208 g/mol. The molecule has 2 heteroatoms. The van der Waals surface area contributed by atoms with E-state index in [-0.39, 0.29) is 0 Å². The van der Waals surface area contributed by atoms with E-state index in [1.54, 1.807) is 0 Å². The van der Waals surface area contributed by atoms with Gasteiger partial charge in [-0.3, -0.25) is 4.90 Å². The van der Waals surface area contributed by atoms with Gasteiger partial charge in [-0.15, -0.1) is 0 Å². The van der Waals surface area contributed by atoms with Crippen LogP contribution in [0.5, 0.6) is 0 Å². The third kappa shape index (κ3) is 3.96. The highest BCUT2D eigenvalue weighted by atomic mass is 15.2. The highest BCUT2D eigenvalue weighted by Crippen LogP contribution is 2.32. The van der Waals surface area contributed by atoms with Crippen molar-refractivity contribution in [2.75, 3.05) is 20.1 Å². The minimum absolute atomic E-state index is 0.686. The van der Waals surface area contributed by atoms with Gasteiger partial charge < -0.3 is 5.32 Å². The summed E-state index contributed by atoms with van der Waals surface area (Å²) < 4.78 is 0. The zero-order chi connectivity index (χ0) is 12.8. The Morgan fingerprint density at radius 3 is 2.41 bits per heavy atom. The number of unbranched alkanes of at least 4 members (excludes halogenated alkanes) is 1. The monoisotopic (exact) mass is 240 g/mol. The second-order valence-electron chi connectivity index (χ2n) is 5.92. The average Bonchev–Trinajstić information content (AvgIpc) is 2.31. The van der Waals surface area contributed by atoms with Gasteiger partial charge in [-0.25, -0.2) is 0 Å². The first kappa shape index (κ1) is 15.0. The quantitative estimate of drug-likeness (QED) is 0.767. The van der Waals surface area contributed by atoms with Gasteiger partial charge in [-0.2, -0.15) is 0 Å². The summed E-state index contributed by atoms with van der Waals surface area (Å²) in [5, 5.41) is 3.56. The standard InChI is InChI=1S/C15H32N2/c1-6-8-9-17(7-2)15-13(4)10-12(3)11-14(15)16-5/h12-16H,6-11H2,1-5H3. The van der Waals surface area contributed by atoms with Crippen LogP contribution in [0.25, 0.3) is 0 Å². The van der Waals surface area contributed by atoms with Gasteiger partial charge in [0.1, 0.15) is 0 Å². The average molecular weight is 240 g/mol. The topological polar surface area (TPSA) is 15.3 Å². The summed E-state index contributed by atoms with van der Waals surface area (Å²) in [6.45, 7) is 11.9. The third-order valence-electron chi connectivity index (χ3n) is 4.42. The molecule has 0 radical (unpaired) electrons. The van der Waals surface area contributed by atoms with Crippen molar-refractivity contribution in [3.05, 3.63) is 0 Å². The molecule has 0 bridgehead atoms. The molecule has 1 saturated carbocycles. The molecule has 17 heavy (non-hydrogen) atoms. The lowest BCUT2D eigenvalue weighted by Crippen LogP contribution is -2.56. The molecule has 0 heterocycles. The number of hydrogen-bond donors (Lipinski definition) is 1. The van der Waals surface area contributed by atoms with E-state index in [1.165, 1.54) is 38.8 Å². The van der Waals surface area contributed by atoms with Gasteiger partial charge >= 0.3 is 0 Å². The molecule has 0 saturated heterocycles. The van der Waals surface area contributed by atoms with E-state index in [9.17, 15) is 0 Å². The van der Waals surface area contributed by atoms with Crippen LogP contribution in [0.15, 0.2) is 0 Å². The van der Waals surface area contributed by atoms with Gasteiger partial charge in [0.15, 0.2) is 0 Å². The third-order valence-corrected chi connectivity index (χ3v) is 4.42. The van der Waals surface area contributed by atoms with Gasteiger partial charge in [0, 0.05) is 12.1 Å². The second kappa shape index (κ2) is 7.38. The van der Waals surface area contributed by atoms with Crippen LogP contribution < -0.4 is 5.32 Å². The van der Waals surface area contributed by atoms with Crippen LogP contribution in [-0.2, 0) is 0 Å². The van der Waals surface area contributed by atoms with Crippen LogP contribution in [0, 0.1) is 11.8 Å². The molecule has 1 aliphatic carbocycles. The minimum Gasteiger partial charge on any atom is -0.315 e. The minimum atomic E-state index is 0.686. The summed E-state index contributed by atoms with van der Waals surface area (Å²) >= 11 is 0. The lowest BCUT2D eigenvalue weighted by Gasteiger charge is -2.45. The molecule has 0 aliphatic heterocycles. The summed E-state index contributed by atoms with van der Waals surface area (Å²) in [6, 6.07) is 1.43. The predicted molar refractivity (Wildman–Crippen MR) is 76.4 cm³/mol. The molecule has 4 atom stereocenters. The van der Waals surface area contributed by atoms with Crippen molar-refractivity contribution in [2.45, 2.75) is 65.5 Å². The first-order chi connectivity index (χ1) is 8.13. The summed E-state index contributed by atoms with van der Waals surface area (Å²) in [6.07, 6.45) is 5.38. The Kier molecular flexibility index (Phi) is 6.50. The molecule has 102 valence electrons. The first-order valence-electron chi connectivity index (χ1n) is 7.55. The normalized spacial score (nSPS) is 34.2. The first-order valence-corrected chi connectivity index (χ1v) is 7.55. The Labute approximate surface area is 108 Å². The van der Waals surface area contributed by atoms with Crippen LogP contribution in [0.4, 0.5) is 0 Å². The van der Waals surface area contributed by atoms with E-state index in [4.69, 9.17) is 0 Å². The van der Waals surface area contributed by atoms with Crippen molar-refractivity contribution in [3.8, 4) is 0 Å². The Bertz CT molecular complexity index is 205. The lowest BCUT2D eigenvalue weighted by atomic mass is 9.75. The van der Waals surface area contributed by atoms with Crippen molar-refractivity contribution in [2.24, 2.45) is 11.8 Å². The molecule has 2 nitrogen and oxygen atoms in total. The molecule has 1 fully saturated rings. The maximum absolute atomic E-state index is 3.56. The molecule has 1 N–H and O–H groups in total. The Balaban J connectivity index is 2.67. The van der Waals surface area contributed by atoms with Crippen molar-refractivity contribution in [1.29, 1.82) is 0 Å². The fourth-order valence-electron chi connectivity index (χ4n) is 3.62. The zero-order valence-electron chi connectivity index (χ0n) is 12.5. The fourth-order valence-corrected chi connectivity index (χ4v) is 3.62. The maximum Gasteiger partial charge on any atom is 0.0274 e. The number of rotatable bonds is 6. The molecule has 1 aliphatic rings. The van der Waals surface area contributed by atoms with E-state index < -0.39 is 0 Å². The van der Waals surface area contributed by atoms with Crippen LogP contribution in [0.2, 0.25) is 0 Å². The van der Waals surface area contributed by atoms with Gasteiger partial charge in [0.05, 0.1) is 0 Å². The molecular formula is C15H32N2. The molecule has 0 aromatic carbocycles. The van der Waals surface area contributed by atoms with Gasteiger partial charge in [-0.1, -0.05) is 34.1 Å². The molecule has 0 amide bonds. The summed E-state index contributed by atoms with van der Waals surface area (Å²) in [5.74, 6) is 1.71. The molecule has 4 unspecified atom stereocenters. The van der Waals surface area contributed by atoms with Crippen LogP contribution in [-0.4, -0.2) is 37.1 Å². The Hall–Kier alpha value is -0.0800. The Morgan fingerprint density at radius 1 is 1.18 bits per heavy atom. The Morgan fingerprint density at radius 2 is 1.88 bits per heavy atom. The summed E-state index contributed by atoms with van der Waals surface area (Å²) in [5.41, 5.74) is 0. The second-order valence-corrected chi connectivity index (χ2v) is 5.92. The lowest BCUT2D eigenvalue weighted by molar-refractivity contribution is 0.0668. The van der Waals surface area contributed by atoms with Crippen LogP contribution >= 0.6 is 0 Å². The molecule has 1 rings (SSSR count). The SMILES string of the molecule is CCCCN(CC)C1C(C)CC(C)CC1NC. The van der Waals surface area contributed by atoms with E-state index in [1.807, 2.05) is 0 Å². The highest BCUT2D eigenvalue weighted by Gasteiger charge is 2.35. The predicted octanol–water partition coefficient (Wildman–Crippen LogP) is 3.13. The molecule has 0 aromatic heterocycles. The maximum atomic E-state index is 3.56. The van der Waals surface area contributed by atoms with E-state index >= 15 is 0 Å². The number of hydrogen-bond acceptors (Lipinski definition) is 2. The number of likely N-dealkylation sites (N-methyl/N-ethyl adjacent to an activating group) is 2. The number of nitrogens with one attached hydrogen (secondary N) is 1. The van der Waals surface area contributed by atoms with E-state index in [0.29, 0.717) is 6.04 Å². The van der Waals surface area contributed by atoms with Gasteiger partial charge in [0.2, 0.25) is 0 Å². The highest BCUT2D eigenvalue weighted by molar-refractivity contribution is 4.93. The van der Waals surface area contributed by atoms with Gasteiger partial charge in [-0.05, 0) is 51.2 Å². The van der Waals surface area contributed by atoms with E-state index in [2.05, 4.69) is 45.0 Å². The fraction of sp³-hybridized carbons (Fsp3) is 1.00. The zero-order valence-corrected chi connectivity index (χ0v) is 12.5. The summed E-state index contributed by atoms with van der Waals surface area (Å²) in [7, 11) is 2.14. The van der Waals surface area contributed by atoms with E-state index in [0.717, 1.165) is 17.9 Å². The van der Waals surface area contributed by atoms with Crippen molar-refractivity contribution in [1.82, 2.24) is 10.2 Å². The number of nitrogens with zero attached hydrogens (tertiary/aromatic N) is 1. The smallest absolute Gasteiger partial charge is 0.0274 e.